The Morgan fingerprint density at radius 2 is 1.65 bits per heavy atom. The fourth-order valence-corrected chi connectivity index (χ4v) is 3.31. The van der Waals surface area contributed by atoms with Crippen LogP contribution in [0.25, 0.3) is 0 Å². The van der Waals surface area contributed by atoms with Crippen LogP contribution in [0, 0.1) is 11.8 Å². The van der Waals surface area contributed by atoms with Gasteiger partial charge in [-0.05, 0) is 19.4 Å². The van der Waals surface area contributed by atoms with Crippen LogP contribution in [0.4, 0.5) is 0 Å². The first-order valence-corrected chi connectivity index (χ1v) is 6.43. The number of carbonyl (C=O) groups is 2. The van der Waals surface area contributed by atoms with Gasteiger partial charge in [0.15, 0.2) is 5.79 Å². The van der Waals surface area contributed by atoms with Gasteiger partial charge >= 0.3 is 5.97 Å². The highest BCUT2D eigenvalue weighted by molar-refractivity contribution is 6.01. The van der Waals surface area contributed by atoms with E-state index in [1.807, 2.05) is 0 Å². The third kappa shape index (κ3) is 1.72. The number of hydrogen-bond donors (Lipinski definition) is 0. The first-order valence-electron chi connectivity index (χ1n) is 6.43. The van der Waals surface area contributed by atoms with E-state index < -0.39 is 35.7 Å². The zero-order valence-corrected chi connectivity index (χ0v) is 11.4. The molecule has 0 amide bonds. The second-order valence-corrected chi connectivity index (χ2v) is 5.61. The molecule has 4 aliphatic rings. The highest BCUT2D eigenvalue weighted by Gasteiger charge is 2.56. The fourth-order valence-electron chi connectivity index (χ4n) is 3.31. The van der Waals surface area contributed by atoms with Gasteiger partial charge in [-0.3, -0.25) is 0 Å². The number of aliphatic carboxylic acids is 1. The van der Waals surface area contributed by atoms with E-state index in [0.29, 0.717) is 0 Å². The maximum atomic E-state index is 11.9. The van der Waals surface area contributed by atoms with Crippen molar-refractivity contribution in [3.8, 4) is 0 Å². The van der Waals surface area contributed by atoms with Crippen LogP contribution in [-0.4, -0.2) is 37.0 Å². The lowest BCUT2D eigenvalue weighted by molar-refractivity contribution is -0.300. The summed E-state index contributed by atoms with van der Waals surface area (Å²) in [5, 5.41) is 11.4. The van der Waals surface area contributed by atoms with Crippen LogP contribution >= 0.6 is 0 Å². The lowest BCUT2D eigenvalue weighted by Gasteiger charge is -2.41. The van der Waals surface area contributed by atoms with E-state index in [-0.39, 0.29) is 17.3 Å². The van der Waals surface area contributed by atoms with Gasteiger partial charge in [-0.2, -0.15) is 0 Å². The maximum Gasteiger partial charge on any atom is 0.334 e. The molecule has 0 unspecified atom stereocenters. The van der Waals surface area contributed by atoms with Gasteiger partial charge in [-0.15, -0.1) is 0 Å². The highest BCUT2D eigenvalue weighted by atomic mass is 16.8. The Bertz CT molecular complexity index is 544. The quantitative estimate of drug-likeness (QED) is 0.502. The summed E-state index contributed by atoms with van der Waals surface area (Å²) in [6.07, 6.45) is 2.74. The van der Waals surface area contributed by atoms with Gasteiger partial charge in [0.1, 0.15) is 0 Å². The molecule has 4 rings (SSSR count). The minimum absolute atomic E-state index is 0.0492. The molecule has 0 aromatic rings. The van der Waals surface area contributed by atoms with E-state index in [1.165, 1.54) is 7.11 Å². The lowest BCUT2D eigenvalue weighted by atomic mass is 9.68. The van der Waals surface area contributed by atoms with Crippen LogP contribution < -0.4 is 5.11 Å². The van der Waals surface area contributed by atoms with Crippen LogP contribution in [0.2, 0.25) is 0 Å². The van der Waals surface area contributed by atoms with Crippen LogP contribution in [-0.2, 0) is 23.8 Å². The molecule has 0 aromatic carbocycles. The number of carboxylic acids is 1. The SMILES string of the molecule is COC(=O)C1=C(C(=O)[O-])[C@@H]2C=C[C@H]1[C@@H]1OC(C)(C)O[C@@H]12. The van der Waals surface area contributed by atoms with Gasteiger partial charge in [0.2, 0.25) is 0 Å². The Morgan fingerprint density at radius 3 is 2.10 bits per heavy atom. The van der Waals surface area contributed by atoms with Crippen molar-refractivity contribution in [2.45, 2.75) is 31.8 Å². The monoisotopic (exact) mass is 279 g/mol. The first kappa shape index (κ1) is 13.3. The molecule has 2 bridgehead atoms. The summed E-state index contributed by atoms with van der Waals surface area (Å²) in [6.45, 7) is 3.53. The Hall–Kier alpha value is -1.66. The van der Waals surface area contributed by atoms with Crippen LogP contribution in [0.15, 0.2) is 23.3 Å². The summed E-state index contributed by atoms with van der Waals surface area (Å²) in [5.41, 5.74) is 0.0643. The van der Waals surface area contributed by atoms with E-state index in [1.54, 1.807) is 26.0 Å². The smallest absolute Gasteiger partial charge is 0.334 e. The third-order valence-electron chi connectivity index (χ3n) is 3.98. The molecule has 20 heavy (non-hydrogen) atoms. The topological polar surface area (TPSA) is 84.9 Å². The van der Waals surface area contributed by atoms with Gasteiger partial charge < -0.3 is 24.1 Å². The molecule has 0 N–H and O–H groups in total. The van der Waals surface area contributed by atoms with Gasteiger partial charge in [-0.25, -0.2) is 4.79 Å². The van der Waals surface area contributed by atoms with E-state index >= 15 is 0 Å². The molecule has 3 aliphatic carbocycles. The molecule has 0 radical (unpaired) electrons. The zero-order chi connectivity index (χ0) is 14.7. The maximum absolute atomic E-state index is 11.9. The summed E-state index contributed by atoms with van der Waals surface area (Å²) in [6, 6.07) is 0. The summed E-state index contributed by atoms with van der Waals surface area (Å²) in [5.74, 6) is -3.86. The highest BCUT2D eigenvalue weighted by Crippen LogP contribution is 2.49. The van der Waals surface area contributed by atoms with Crippen LogP contribution in [0.5, 0.6) is 0 Å². The van der Waals surface area contributed by atoms with Crippen molar-refractivity contribution in [1.29, 1.82) is 0 Å². The average molecular weight is 279 g/mol. The summed E-state index contributed by atoms with van der Waals surface area (Å²) in [4.78, 5) is 23.3. The van der Waals surface area contributed by atoms with Crippen molar-refractivity contribution in [2.24, 2.45) is 11.8 Å². The minimum Gasteiger partial charge on any atom is -0.545 e. The molecular formula is C14H15O6-. The normalized spacial score (nSPS) is 37.0. The van der Waals surface area contributed by atoms with Gasteiger partial charge in [-0.1, -0.05) is 12.2 Å². The first-order chi connectivity index (χ1) is 9.35. The Balaban J connectivity index is 2.09. The molecule has 1 aliphatic heterocycles. The van der Waals surface area contributed by atoms with Crippen molar-refractivity contribution < 1.29 is 28.9 Å². The Labute approximate surface area is 116 Å². The molecule has 1 saturated heterocycles. The predicted molar refractivity (Wildman–Crippen MR) is 64.0 cm³/mol. The standard InChI is InChI=1S/C14H16O6/c1-14(2)19-10-6-4-5-7(11(10)20-14)9(13(17)18-3)8(6)12(15)16/h4-7,10-11H,1-3H3,(H,15,16)/p-1/t6-,7+,10+,11-/m0/s1. The number of ether oxygens (including phenoxy) is 3. The zero-order valence-electron chi connectivity index (χ0n) is 11.4. The summed E-state index contributed by atoms with van der Waals surface area (Å²) >= 11 is 0. The average Bonchev–Trinajstić information content (AvgIpc) is 2.73. The summed E-state index contributed by atoms with van der Waals surface area (Å²) < 4.78 is 16.3. The number of esters is 1. The molecule has 1 heterocycles. The molecule has 0 saturated carbocycles. The second-order valence-electron chi connectivity index (χ2n) is 5.61. The minimum atomic E-state index is -1.36. The summed E-state index contributed by atoms with van der Waals surface area (Å²) in [7, 11) is 1.22. The number of carboxylic acid groups (broad SMARTS) is 1. The van der Waals surface area contributed by atoms with Crippen molar-refractivity contribution in [2.75, 3.05) is 7.11 Å². The van der Waals surface area contributed by atoms with E-state index in [2.05, 4.69) is 0 Å². The van der Waals surface area contributed by atoms with E-state index in [4.69, 9.17) is 14.2 Å². The molecule has 6 nitrogen and oxygen atoms in total. The largest absolute Gasteiger partial charge is 0.545 e. The molecule has 0 aromatic heterocycles. The van der Waals surface area contributed by atoms with Gasteiger partial charge in [0, 0.05) is 11.8 Å². The molecule has 1 fully saturated rings. The van der Waals surface area contributed by atoms with Crippen molar-refractivity contribution in [3.63, 3.8) is 0 Å². The Morgan fingerprint density at radius 1 is 1.15 bits per heavy atom. The molecule has 6 heteroatoms. The van der Waals surface area contributed by atoms with Gasteiger partial charge in [0.25, 0.3) is 0 Å². The molecular weight excluding hydrogens is 264 g/mol. The fraction of sp³-hybridized carbons (Fsp3) is 0.571. The number of rotatable bonds is 2. The van der Waals surface area contributed by atoms with Crippen LogP contribution in [0.1, 0.15) is 13.8 Å². The van der Waals surface area contributed by atoms with E-state index in [9.17, 15) is 14.7 Å². The van der Waals surface area contributed by atoms with Crippen molar-refractivity contribution >= 4 is 11.9 Å². The lowest BCUT2D eigenvalue weighted by Crippen LogP contribution is -2.50. The van der Waals surface area contributed by atoms with Gasteiger partial charge in [0.05, 0.1) is 30.9 Å². The van der Waals surface area contributed by atoms with Crippen LogP contribution in [0.3, 0.4) is 0 Å². The Kier molecular flexibility index (Phi) is 2.78. The number of hydrogen-bond acceptors (Lipinski definition) is 6. The third-order valence-corrected chi connectivity index (χ3v) is 3.98. The van der Waals surface area contributed by atoms with E-state index in [0.717, 1.165) is 0 Å². The number of methoxy groups -OCH3 is 1. The van der Waals surface area contributed by atoms with Crippen molar-refractivity contribution in [3.05, 3.63) is 23.3 Å². The van der Waals surface area contributed by atoms with Crippen molar-refractivity contribution in [1.82, 2.24) is 0 Å². The molecule has 108 valence electrons. The molecule has 4 atom stereocenters. The predicted octanol–water partition coefficient (Wildman–Crippen LogP) is -0.458. The molecule has 0 spiro atoms. The number of carbonyl (C=O) groups excluding carboxylic acids is 2. The second kappa shape index (κ2) is 4.17.